The van der Waals surface area contributed by atoms with Gasteiger partial charge in [0.1, 0.15) is 12.4 Å². The van der Waals surface area contributed by atoms with Crippen LogP contribution in [-0.2, 0) is 14.0 Å². The van der Waals surface area contributed by atoms with Gasteiger partial charge in [0.25, 0.3) is 0 Å². The summed E-state index contributed by atoms with van der Waals surface area (Å²) in [4.78, 5) is 22.7. The highest BCUT2D eigenvalue weighted by Gasteiger charge is 2.40. The Morgan fingerprint density at radius 2 is 1.71 bits per heavy atom. The zero-order chi connectivity index (χ0) is 17.1. The fraction of sp³-hybridized carbons (Fsp3) is 0.765. The number of hydrogen-bond donors (Lipinski definition) is 0. The predicted molar refractivity (Wildman–Crippen MR) is 91.0 cm³/mol. The van der Waals surface area contributed by atoms with Gasteiger partial charge in [-0.3, -0.25) is 4.79 Å². The van der Waals surface area contributed by atoms with Gasteiger partial charge >= 0.3 is 0 Å². The van der Waals surface area contributed by atoms with Crippen LogP contribution in [0.2, 0.25) is 18.1 Å². The van der Waals surface area contributed by atoms with Gasteiger partial charge < -0.3 is 9.22 Å². The number of carbonyl (C=O) groups excluding carboxylic acids is 2. The van der Waals surface area contributed by atoms with Gasteiger partial charge in [-0.25, -0.2) is 0 Å². The molecule has 0 aromatic rings. The molecular formula is C17H32O3Si. The molecule has 0 heterocycles. The summed E-state index contributed by atoms with van der Waals surface area (Å²) in [6.07, 6.45) is 1.35. The van der Waals surface area contributed by atoms with Gasteiger partial charge in [-0.05, 0) is 30.5 Å². The largest absolute Gasteiger partial charge is 0.407 e. The lowest BCUT2D eigenvalue weighted by atomic mass is 9.79. The third kappa shape index (κ3) is 5.87. The fourth-order valence-electron chi connectivity index (χ4n) is 1.65. The Morgan fingerprint density at radius 1 is 1.24 bits per heavy atom. The molecule has 0 amide bonds. The van der Waals surface area contributed by atoms with E-state index in [1.54, 1.807) is 6.92 Å². The van der Waals surface area contributed by atoms with Crippen LogP contribution < -0.4 is 0 Å². The summed E-state index contributed by atoms with van der Waals surface area (Å²) < 4.78 is 6.25. The van der Waals surface area contributed by atoms with Crippen molar-refractivity contribution < 1.29 is 14.0 Å². The number of ketones is 1. The lowest BCUT2D eigenvalue weighted by Crippen LogP contribution is -2.46. The molecule has 1 unspecified atom stereocenters. The first-order chi connectivity index (χ1) is 9.24. The monoisotopic (exact) mass is 312 g/mol. The summed E-state index contributed by atoms with van der Waals surface area (Å²) in [6.45, 7) is 20.4. The Morgan fingerprint density at radius 3 is 2.05 bits per heavy atom. The van der Waals surface area contributed by atoms with Crippen LogP contribution in [0, 0.1) is 5.41 Å². The second kappa shape index (κ2) is 7.01. The van der Waals surface area contributed by atoms with Crippen LogP contribution in [0.15, 0.2) is 12.2 Å². The first-order valence-corrected chi connectivity index (χ1v) is 10.5. The molecule has 3 nitrogen and oxygen atoms in total. The second-order valence-corrected chi connectivity index (χ2v) is 12.8. The molecule has 0 aliphatic carbocycles. The maximum atomic E-state index is 12.0. The third-order valence-electron chi connectivity index (χ3n) is 4.68. The smallest absolute Gasteiger partial charge is 0.193 e. The maximum Gasteiger partial charge on any atom is 0.193 e. The third-order valence-corrected chi connectivity index (χ3v) is 9.17. The molecule has 0 radical (unpaired) electrons. The van der Waals surface area contributed by atoms with E-state index in [1.807, 2.05) is 13.8 Å². The molecule has 0 bridgehead atoms. The van der Waals surface area contributed by atoms with Crippen molar-refractivity contribution in [3.63, 3.8) is 0 Å². The Labute approximate surface area is 131 Å². The summed E-state index contributed by atoms with van der Waals surface area (Å²) in [7, 11) is -2.01. The second-order valence-electron chi connectivity index (χ2n) is 8.04. The highest BCUT2D eigenvalue weighted by Crippen LogP contribution is 2.39. The fourth-order valence-corrected chi connectivity index (χ4v) is 2.97. The van der Waals surface area contributed by atoms with E-state index in [-0.39, 0.29) is 16.2 Å². The molecule has 0 saturated heterocycles. The average molecular weight is 313 g/mol. The number of Topliss-reactive ketones (excluding diaryl/α,β-unsaturated/α-hetero) is 1. The Bertz CT molecular complexity index is 403. The number of aldehydes is 1. The summed E-state index contributed by atoms with van der Waals surface area (Å²) in [5, 5.41) is 0.0559. The predicted octanol–water partition coefficient (Wildman–Crippen LogP) is 4.53. The van der Waals surface area contributed by atoms with Crippen LogP contribution in [-0.4, -0.2) is 26.5 Å². The van der Waals surface area contributed by atoms with Crippen LogP contribution >= 0.6 is 0 Å². The first kappa shape index (κ1) is 20.3. The van der Waals surface area contributed by atoms with Gasteiger partial charge in [0.05, 0.1) is 0 Å². The van der Waals surface area contributed by atoms with E-state index in [2.05, 4.69) is 40.4 Å². The average Bonchev–Trinajstić information content (AvgIpc) is 2.25. The quantitative estimate of drug-likeness (QED) is 0.376. The van der Waals surface area contributed by atoms with Crippen LogP contribution in [0.4, 0.5) is 0 Å². The molecule has 0 aromatic carbocycles. The Hall–Kier alpha value is -0.743. The SMILES string of the molecule is C=C(CC(O[Si](C)(C)C(C)(C)C)C(C)=O)C(C)(C)CC=O. The lowest BCUT2D eigenvalue weighted by molar-refractivity contribution is -0.124. The van der Waals surface area contributed by atoms with Gasteiger partial charge in [0.2, 0.25) is 0 Å². The zero-order valence-electron chi connectivity index (χ0n) is 15.0. The van der Waals surface area contributed by atoms with E-state index >= 15 is 0 Å². The topological polar surface area (TPSA) is 43.4 Å². The molecule has 0 saturated carbocycles. The molecule has 4 heteroatoms. The van der Waals surface area contributed by atoms with Crippen LogP contribution in [0.3, 0.4) is 0 Å². The van der Waals surface area contributed by atoms with Gasteiger partial charge in [-0.2, -0.15) is 0 Å². The van der Waals surface area contributed by atoms with E-state index in [1.165, 1.54) is 0 Å². The molecule has 1 atom stereocenters. The van der Waals surface area contributed by atoms with Crippen LogP contribution in [0.1, 0.15) is 54.4 Å². The lowest BCUT2D eigenvalue weighted by Gasteiger charge is -2.39. The van der Waals surface area contributed by atoms with Gasteiger partial charge in [0, 0.05) is 12.8 Å². The summed E-state index contributed by atoms with van der Waals surface area (Å²) >= 11 is 0. The van der Waals surface area contributed by atoms with E-state index in [0.29, 0.717) is 12.8 Å². The maximum absolute atomic E-state index is 12.0. The highest BCUT2D eigenvalue weighted by atomic mass is 28.4. The summed E-state index contributed by atoms with van der Waals surface area (Å²) in [6, 6.07) is 0. The molecule has 0 aliphatic heterocycles. The Balaban J connectivity index is 5.08. The minimum atomic E-state index is -2.01. The van der Waals surface area contributed by atoms with E-state index in [0.717, 1.165) is 11.9 Å². The molecule has 122 valence electrons. The van der Waals surface area contributed by atoms with Crippen LogP contribution in [0.5, 0.6) is 0 Å². The zero-order valence-corrected chi connectivity index (χ0v) is 16.0. The standard InChI is InChI=1S/C17H32O3Si/c1-13(17(6,7)10-11-18)12-15(14(2)19)20-21(8,9)16(3,4)5/h11,15H,1,10,12H2,2-9H3. The minimum absolute atomic E-state index is 0.0304. The molecular weight excluding hydrogens is 280 g/mol. The van der Waals surface area contributed by atoms with Crippen molar-refractivity contribution >= 4 is 20.4 Å². The molecule has 21 heavy (non-hydrogen) atoms. The van der Waals surface area contributed by atoms with Crippen molar-refractivity contribution in [3.05, 3.63) is 12.2 Å². The van der Waals surface area contributed by atoms with Crippen molar-refractivity contribution in [2.24, 2.45) is 5.41 Å². The van der Waals surface area contributed by atoms with Crippen LogP contribution in [0.25, 0.3) is 0 Å². The molecule has 0 fully saturated rings. The van der Waals surface area contributed by atoms with Crippen molar-refractivity contribution in [1.29, 1.82) is 0 Å². The number of carbonyl (C=O) groups is 2. The normalized spacial score (nSPS) is 14.7. The molecule has 0 aromatic heterocycles. The molecule has 0 spiro atoms. The first-order valence-electron chi connectivity index (χ1n) is 7.55. The highest BCUT2D eigenvalue weighted by molar-refractivity contribution is 6.74. The molecule has 0 aliphatic rings. The number of rotatable bonds is 8. The van der Waals surface area contributed by atoms with E-state index in [9.17, 15) is 9.59 Å². The van der Waals surface area contributed by atoms with E-state index < -0.39 is 14.4 Å². The minimum Gasteiger partial charge on any atom is -0.407 e. The Kier molecular flexibility index (Phi) is 6.76. The van der Waals surface area contributed by atoms with E-state index in [4.69, 9.17) is 4.43 Å². The van der Waals surface area contributed by atoms with Gasteiger partial charge in [-0.1, -0.05) is 46.8 Å². The van der Waals surface area contributed by atoms with Gasteiger partial charge in [0.15, 0.2) is 14.1 Å². The van der Waals surface area contributed by atoms with Crippen molar-refractivity contribution in [2.75, 3.05) is 0 Å². The summed E-state index contributed by atoms with van der Waals surface area (Å²) in [5.41, 5.74) is 0.597. The van der Waals surface area contributed by atoms with Crippen molar-refractivity contribution in [1.82, 2.24) is 0 Å². The molecule has 0 rings (SSSR count). The van der Waals surface area contributed by atoms with Gasteiger partial charge in [-0.15, -0.1) is 0 Å². The molecule has 0 N–H and O–H groups in total. The van der Waals surface area contributed by atoms with Crippen molar-refractivity contribution in [2.45, 2.75) is 78.6 Å². The number of hydrogen-bond acceptors (Lipinski definition) is 3. The summed E-state index contributed by atoms with van der Waals surface area (Å²) in [5.74, 6) is 0.0304. The van der Waals surface area contributed by atoms with Crippen molar-refractivity contribution in [3.8, 4) is 0 Å².